The quantitative estimate of drug-likeness (QED) is 0.691. The third-order valence-corrected chi connectivity index (χ3v) is 1.72. The molecule has 0 aromatic heterocycles. The van der Waals surface area contributed by atoms with Crippen LogP contribution in [0.25, 0.3) is 6.08 Å². The molecule has 0 radical (unpaired) electrons. The number of carbonyl (C=O) groups is 1. The number of ether oxygens (including phenoxy) is 1. The molecule has 0 spiro atoms. The van der Waals surface area contributed by atoms with E-state index >= 15 is 0 Å². The standard InChI is InChI=1S/C11H11FO2/c1-3-8-5-6-10(12)9(7-8)11(13)14-4-2/h3,5-7H,1,4H2,2H3. The van der Waals surface area contributed by atoms with Gasteiger partial charge < -0.3 is 4.74 Å². The molecule has 0 N–H and O–H groups in total. The molecule has 1 rings (SSSR count). The normalized spacial score (nSPS) is 9.57. The van der Waals surface area contributed by atoms with Gasteiger partial charge in [-0.2, -0.15) is 0 Å². The first kappa shape index (κ1) is 10.4. The summed E-state index contributed by atoms with van der Waals surface area (Å²) in [6, 6.07) is 4.19. The fourth-order valence-electron chi connectivity index (χ4n) is 1.04. The molecule has 0 aliphatic carbocycles. The van der Waals surface area contributed by atoms with Gasteiger partial charge in [0, 0.05) is 0 Å². The fourth-order valence-corrected chi connectivity index (χ4v) is 1.04. The van der Waals surface area contributed by atoms with Gasteiger partial charge in [-0.3, -0.25) is 0 Å². The lowest BCUT2D eigenvalue weighted by Crippen LogP contribution is -2.07. The van der Waals surface area contributed by atoms with Crippen LogP contribution in [0.5, 0.6) is 0 Å². The Labute approximate surface area is 82.0 Å². The molecular formula is C11H11FO2. The van der Waals surface area contributed by atoms with E-state index < -0.39 is 11.8 Å². The molecule has 0 amide bonds. The highest BCUT2D eigenvalue weighted by molar-refractivity contribution is 5.90. The number of hydrogen-bond donors (Lipinski definition) is 0. The summed E-state index contributed by atoms with van der Waals surface area (Å²) in [5.41, 5.74) is 0.638. The molecule has 0 bridgehead atoms. The molecule has 0 unspecified atom stereocenters. The topological polar surface area (TPSA) is 26.3 Å². The van der Waals surface area contributed by atoms with Crippen LogP contribution in [0.2, 0.25) is 0 Å². The van der Waals surface area contributed by atoms with E-state index in [1.54, 1.807) is 19.1 Å². The number of carbonyl (C=O) groups excluding carboxylic acids is 1. The van der Waals surface area contributed by atoms with Gasteiger partial charge in [0.25, 0.3) is 0 Å². The van der Waals surface area contributed by atoms with E-state index in [1.807, 2.05) is 0 Å². The Morgan fingerprint density at radius 1 is 1.64 bits per heavy atom. The number of rotatable bonds is 3. The molecule has 1 aromatic carbocycles. The van der Waals surface area contributed by atoms with Crippen molar-refractivity contribution in [2.24, 2.45) is 0 Å². The Morgan fingerprint density at radius 2 is 2.36 bits per heavy atom. The van der Waals surface area contributed by atoms with E-state index in [2.05, 4.69) is 6.58 Å². The van der Waals surface area contributed by atoms with Crippen molar-refractivity contribution < 1.29 is 13.9 Å². The van der Waals surface area contributed by atoms with Crippen molar-refractivity contribution in [3.63, 3.8) is 0 Å². The molecule has 0 fully saturated rings. The highest BCUT2D eigenvalue weighted by atomic mass is 19.1. The van der Waals surface area contributed by atoms with Gasteiger partial charge in [0.1, 0.15) is 5.82 Å². The van der Waals surface area contributed by atoms with Crippen LogP contribution < -0.4 is 0 Å². The first-order valence-electron chi connectivity index (χ1n) is 4.28. The second-order valence-corrected chi connectivity index (χ2v) is 2.66. The average molecular weight is 194 g/mol. The highest BCUT2D eigenvalue weighted by Crippen LogP contribution is 2.12. The van der Waals surface area contributed by atoms with Crippen LogP contribution in [-0.2, 0) is 4.74 Å². The molecule has 0 aliphatic heterocycles. The Balaban J connectivity index is 3.05. The zero-order valence-electron chi connectivity index (χ0n) is 7.92. The molecule has 0 atom stereocenters. The van der Waals surface area contributed by atoms with E-state index in [0.717, 1.165) is 0 Å². The predicted molar refractivity (Wildman–Crippen MR) is 52.4 cm³/mol. The first-order chi connectivity index (χ1) is 6.69. The minimum absolute atomic E-state index is 0.0516. The summed E-state index contributed by atoms with van der Waals surface area (Å²) in [6.07, 6.45) is 1.54. The molecular weight excluding hydrogens is 183 g/mol. The van der Waals surface area contributed by atoms with E-state index in [0.29, 0.717) is 5.56 Å². The van der Waals surface area contributed by atoms with Crippen LogP contribution in [0.3, 0.4) is 0 Å². The summed E-state index contributed by atoms with van der Waals surface area (Å²) >= 11 is 0. The Bertz CT molecular complexity index is 358. The Hall–Kier alpha value is -1.64. The number of benzene rings is 1. The summed E-state index contributed by atoms with van der Waals surface area (Å²) in [5.74, 6) is -1.22. The summed E-state index contributed by atoms with van der Waals surface area (Å²) in [4.78, 5) is 11.2. The number of hydrogen-bond acceptors (Lipinski definition) is 2. The summed E-state index contributed by atoms with van der Waals surface area (Å²) < 4.78 is 17.8. The highest BCUT2D eigenvalue weighted by Gasteiger charge is 2.12. The summed E-state index contributed by atoms with van der Waals surface area (Å²) in [6.45, 7) is 5.44. The molecule has 1 aromatic rings. The van der Waals surface area contributed by atoms with Crippen molar-refractivity contribution >= 4 is 12.0 Å². The Morgan fingerprint density at radius 3 is 2.93 bits per heavy atom. The van der Waals surface area contributed by atoms with Crippen molar-refractivity contribution in [2.45, 2.75) is 6.92 Å². The second kappa shape index (κ2) is 4.56. The molecule has 74 valence electrons. The zero-order valence-corrected chi connectivity index (χ0v) is 7.92. The maximum atomic E-state index is 13.1. The lowest BCUT2D eigenvalue weighted by molar-refractivity contribution is 0.0521. The van der Waals surface area contributed by atoms with Crippen molar-refractivity contribution in [3.05, 3.63) is 41.7 Å². The lowest BCUT2D eigenvalue weighted by atomic mass is 10.1. The molecule has 0 heterocycles. The molecule has 3 heteroatoms. The van der Waals surface area contributed by atoms with E-state index in [9.17, 15) is 9.18 Å². The number of esters is 1. The van der Waals surface area contributed by atoms with Crippen molar-refractivity contribution in [1.82, 2.24) is 0 Å². The van der Waals surface area contributed by atoms with Gasteiger partial charge >= 0.3 is 5.97 Å². The van der Waals surface area contributed by atoms with Crippen molar-refractivity contribution in [3.8, 4) is 0 Å². The van der Waals surface area contributed by atoms with Gasteiger partial charge in [-0.1, -0.05) is 18.7 Å². The van der Waals surface area contributed by atoms with Gasteiger partial charge in [-0.05, 0) is 24.6 Å². The molecule has 0 aliphatic rings. The molecule has 14 heavy (non-hydrogen) atoms. The average Bonchev–Trinajstić information content (AvgIpc) is 2.19. The monoisotopic (exact) mass is 194 g/mol. The van der Waals surface area contributed by atoms with Crippen molar-refractivity contribution in [2.75, 3.05) is 6.61 Å². The molecule has 2 nitrogen and oxygen atoms in total. The smallest absolute Gasteiger partial charge is 0.341 e. The van der Waals surface area contributed by atoms with Crippen LogP contribution in [-0.4, -0.2) is 12.6 Å². The SMILES string of the molecule is C=Cc1ccc(F)c(C(=O)OCC)c1. The van der Waals surface area contributed by atoms with E-state index in [-0.39, 0.29) is 12.2 Å². The molecule has 0 saturated heterocycles. The maximum absolute atomic E-state index is 13.1. The van der Waals surface area contributed by atoms with Crippen LogP contribution in [0.15, 0.2) is 24.8 Å². The van der Waals surface area contributed by atoms with Gasteiger partial charge in [0.05, 0.1) is 12.2 Å². The first-order valence-corrected chi connectivity index (χ1v) is 4.28. The van der Waals surface area contributed by atoms with E-state index in [1.165, 1.54) is 12.1 Å². The largest absolute Gasteiger partial charge is 0.462 e. The third kappa shape index (κ3) is 2.19. The number of halogens is 1. The van der Waals surface area contributed by atoms with Gasteiger partial charge in [-0.15, -0.1) is 0 Å². The van der Waals surface area contributed by atoms with Crippen molar-refractivity contribution in [1.29, 1.82) is 0 Å². The van der Waals surface area contributed by atoms with Gasteiger partial charge in [0.2, 0.25) is 0 Å². The molecule has 0 saturated carbocycles. The minimum atomic E-state index is -0.645. The Kier molecular flexibility index (Phi) is 3.40. The maximum Gasteiger partial charge on any atom is 0.341 e. The van der Waals surface area contributed by atoms with Crippen LogP contribution >= 0.6 is 0 Å². The van der Waals surface area contributed by atoms with Crippen LogP contribution in [0, 0.1) is 5.82 Å². The van der Waals surface area contributed by atoms with Gasteiger partial charge in [0.15, 0.2) is 0 Å². The van der Waals surface area contributed by atoms with E-state index in [4.69, 9.17) is 4.74 Å². The van der Waals surface area contributed by atoms with Gasteiger partial charge in [-0.25, -0.2) is 9.18 Å². The second-order valence-electron chi connectivity index (χ2n) is 2.66. The predicted octanol–water partition coefficient (Wildman–Crippen LogP) is 2.65. The van der Waals surface area contributed by atoms with Crippen LogP contribution in [0.1, 0.15) is 22.8 Å². The van der Waals surface area contributed by atoms with Crippen LogP contribution in [0.4, 0.5) is 4.39 Å². The fraction of sp³-hybridized carbons (Fsp3) is 0.182. The summed E-state index contributed by atoms with van der Waals surface area (Å²) in [5, 5.41) is 0. The lowest BCUT2D eigenvalue weighted by Gasteiger charge is -2.03. The minimum Gasteiger partial charge on any atom is -0.462 e. The third-order valence-electron chi connectivity index (χ3n) is 1.72. The zero-order chi connectivity index (χ0) is 10.6. The summed E-state index contributed by atoms with van der Waals surface area (Å²) in [7, 11) is 0.